The number of nitrogens with one attached hydrogen (secondary N) is 1. The van der Waals surface area contributed by atoms with E-state index in [0.29, 0.717) is 0 Å². The van der Waals surface area contributed by atoms with E-state index in [-0.39, 0.29) is 6.04 Å². The third-order valence-electron chi connectivity index (χ3n) is 0.641. The molecule has 0 aliphatic heterocycles. The molecule has 0 aromatic rings. The van der Waals surface area contributed by atoms with Gasteiger partial charge < -0.3 is 5.32 Å². The Labute approximate surface area is 59.2 Å². The molecule has 0 rings (SSSR count). The molecule has 0 fully saturated rings. The fourth-order valence-corrected chi connectivity index (χ4v) is 0.695. The average molecular weight is 167 g/mol. The zero-order chi connectivity index (χ0) is 8.36. The van der Waals surface area contributed by atoms with Crippen molar-refractivity contribution in [1.82, 2.24) is 5.32 Å². The summed E-state index contributed by atoms with van der Waals surface area (Å²) in [5.74, 6) is 0. The molecule has 0 aromatic carbocycles. The summed E-state index contributed by atoms with van der Waals surface area (Å²) >= 11 is 0. The molecule has 10 heavy (non-hydrogen) atoms. The van der Waals surface area contributed by atoms with E-state index in [9.17, 15) is 13.2 Å². The van der Waals surface area contributed by atoms with Crippen molar-refractivity contribution in [2.45, 2.75) is 19.9 Å². The summed E-state index contributed by atoms with van der Waals surface area (Å²) in [5.41, 5.74) is 0. The molecule has 0 saturated heterocycles. The van der Waals surface area contributed by atoms with Crippen LogP contribution in [0.4, 0.5) is 4.79 Å². The molecule has 5 nitrogen and oxygen atoms in total. The van der Waals surface area contributed by atoms with Gasteiger partial charge in [-0.15, -0.1) is 0 Å². The Bertz CT molecular complexity index is 217. The van der Waals surface area contributed by atoms with Crippen molar-refractivity contribution in [1.29, 1.82) is 0 Å². The van der Waals surface area contributed by atoms with Gasteiger partial charge in [0, 0.05) is 6.04 Å². The van der Waals surface area contributed by atoms with Gasteiger partial charge >= 0.3 is 15.4 Å². The minimum atomic E-state index is -4.55. The van der Waals surface area contributed by atoms with E-state index in [0.717, 1.165) is 0 Å². The first-order chi connectivity index (χ1) is 4.34. The summed E-state index contributed by atoms with van der Waals surface area (Å²) in [5, 5.41) is 0.647. The van der Waals surface area contributed by atoms with E-state index in [4.69, 9.17) is 4.55 Å². The molecule has 60 valence electrons. The molecule has 0 spiro atoms. The number of amides is 1. The van der Waals surface area contributed by atoms with Gasteiger partial charge in [-0.05, 0) is 13.8 Å². The van der Waals surface area contributed by atoms with Gasteiger partial charge in [-0.25, -0.2) is 0 Å². The molecular weight excluding hydrogens is 158 g/mol. The van der Waals surface area contributed by atoms with Crippen LogP contribution in [0.1, 0.15) is 13.8 Å². The van der Waals surface area contributed by atoms with Crippen LogP contribution in [0.5, 0.6) is 0 Å². The molecule has 0 heterocycles. The molecule has 0 bridgehead atoms. The third kappa shape index (κ3) is 3.41. The number of carbonyl (C=O) groups excluding carboxylic acids is 1. The summed E-state index contributed by atoms with van der Waals surface area (Å²) in [6, 6.07) is -0.297. The Morgan fingerprint density at radius 3 is 2.00 bits per heavy atom. The highest BCUT2D eigenvalue weighted by Gasteiger charge is 2.17. The summed E-state index contributed by atoms with van der Waals surface area (Å²) in [6.45, 7) is 3.17. The SMILES string of the molecule is CC(C)NC(=O)S(=O)(=O)O. The van der Waals surface area contributed by atoms with Crippen LogP contribution in [-0.4, -0.2) is 24.3 Å². The van der Waals surface area contributed by atoms with Crippen LogP contribution in [-0.2, 0) is 10.1 Å². The van der Waals surface area contributed by atoms with E-state index < -0.39 is 15.4 Å². The van der Waals surface area contributed by atoms with Crippen molar-refractivity contribution in [2.75, 3.05) is 0 Å². The second kappa shape index (κ2) is 2.98. The van der Waals surface area contributed by atoms with E-state index >= 15 is 0 Å². The molecule has 0 saturated carbocycles. The Morgan fingerprint density at radius 1 is 1.50 bits per heavy atom. The largest absolute Gasteiger partial charge is 0.363 e. The van der Waals surface area contributed by atoms with E-state index in [1.165, 1.54) is 0 Å². The molecule has 0 aromatic heterocycles. The number of hydrogen-bond acceptors (Lipinski definition) is 3. The molecule has 6 heteroatoms. The van der Waals surface area contributed by atoms with Gasteiger partial charge in [0.2, 0.25) is 0 Å². The maximum atomic E-state index is 10.3. The first-order valence-corrected chi connectivity index (χ1v) is 4.06. The lowest BCUT2D eigenvalue weighted by atomic mass is 10.4. The normalized spacial score (nSPS) is 11.6. The van der Waals surface area contributed by atoms with E-state index in [1.807, 2.05) is 5.32 Å². The zero-order valence-electron chi connectivity index (χ0n) is 5.66. The highest BCUT2D eigenvalue weighted by Crippen LogP contribution is 1.86. The highest BCUT2D eigenvalue weighted by molar-refractivity contribution is 8.01. The van der Waals surface area contributed by atoms with Crippen LogP contribution in [0, 0.1) is 0 Å². The molecule has 0 radical (unpaired) electrons. The maximum absolute atomic E-state index is 10.3. The molecular formula is C4H9NO4S. The second-order valence-corrected chi connectivity index (χ2v) is 3.38. The topological polar surface area (TPSA) is 83.5 Å². The quantitative estimate of drug-likeness (QED) is 0.538. The number of carbonyl (C=O) groups is 1. The molecule has 0 unspecified atom stereocenters. The molecule has 0 aliphatic rings. The van der Waals surface area contributed by atoms with Gasteiger partial charge in [0.05, 0.1) is 0 Å². The van der Waals surface area contributed by atoms with Crippen LogP contribution < -0.4 is 5.32 Å². The standard InChI is InChI=1S/C4H9NO4S/c1-3(2)5-4(6)10(7,8)9/h3H,1-2H3,(H,5,6)(H,7,8,9). The smallest absolute Gasteiger partial charge is 0.339 e. The fourth-order valence-electron chi connectivity index (χ4n) is 0.310. The zero-order valence-corrected chi connectivity index (χ0v) is 6.47. The van der Waals surface area contributed by atoms with Gasteiger partial charge in [-0.3, -0.25) is 9.35 Å². The minimum Gasteiger partial charge on any atom is -0.339 e. The first kappa shape index (κ1) is 9.38. The van der Waals surface area contributed by atoms with Gasteiger partial charge in [0.15, 0.2) is 0 Å². The van der Waals surface area contributed by atoms with Crippen LogP contribution >= 0.6 is 0 Å². The Hall–Kier alpha value is -0.620. The fraction of sp³-hybridized carbons (Fsp3) is 0.750. The van der Waals surface area contributed by atoms with Crippen LogP contribution in [0.3, 0.4) is 0 Å². The maximum Gasteiger partial charge on any atom is 0.363 e. The number of rotatable bonds is 1. The third-order valence-corrected chi connectivity index (χ3v) is 1.23. The molecule has 0 aliphatic carbocycles. The summed E-state index contributed by atoms with van der Waals surface area (Å²) in [6.07, 6.45) is 0. The summed E-state index contributed by atoms with van der Waals surface area (Å²) in [7, 11) is -4.55. The number of hydrogen-bond donors (Lipinski definition) is 2. The summed E-state index contributed by atoms with van der Waals surface area (Å²) < 4.78 is 28.1. The van der Waals surface area contributed by atoms with Crippen molar-refractivity contribution >= 4 is 15.4 Å². The second-order valence-electron chi connectivity index (χ2n) is 2.06. The van der Waals surface area contributed by atoms with E-state index in [1.54, 1.807) is 13.8 Å². The Kier molecular flexibility index (Phi) is 2.79. The van der Waals surface area contributed by atoms with Gasteiger partial charge in [0.1, 0.15) is 0 Å². The van der Waals surface area contributed by atoms with Crippen molar-refractivity contribution in [3.8, 4) is 0 Å². The van der Waals surface area contributed by atoms with Crippen molar-refractivity contribution in [3.63, 3.8) is 0 Å². The highest BCUT2D eigenvalue weighted by atomic mass is 32.2. The van der Waals surface area contributed by atoms with Gasteiger partial charge in [-0.2, -0.15) is 8.42 Å². The van der Waals surface area contributed by atoms with Crippen molar-refractivity contribution < 1.29 is 17.8 Å². The predicted octanol–water partition coefficient (Wildman–Crippen LogP) is -0.00780. The van der Waals surface area contributed by atoms with Crippen LogP contribution in [0.25, 0.3) is 0 Å². The molecule has 2 N–H and O–H groups in total. The van der Waals surface area contributed by atoms with Gasteiger partial charge in [0.25, 0.3) is 0 Å². The average Bonchev–Trinajstić information content (AvgIpc) is 1.60. The molecule has 1 amide bonds. The minimum absolute atomic E-state index is 0.297. The monoisotopic (exact) mass is 167 g/mol. The van der Waals surface area contributed by atoms with Crippen molar-refractivity contribution in [2.24, 2.45) is 0 Å². The Balaban J connectivity index is 4.14. The Morgan fingerprint density at radius 2 is 1.90 bits per heavy atom. The lowest BCUT2D eigenvalue weighted by molar-refractivity contribution is 0.253. The first-order valence-electron chi connectivity index (χ1n) is 2.62. The predicted molar refractivity (Wildman–Crippen MR) is 35.2 cm³/mol. The van der Waals surface area contributed by atoms with E-state index in [2.05, 4.69) is 0 Å². The lowest BCUT2D eigenvalue weighted by Gasteiger charge is -2.03. The van der Waals surface area contributed by atoms with Crippen LogP contribution in [0.15, 0.2) is 0 Å². The van der Waals surface area contributed by atoms with Crippen LogP contribution in [0.2, 0.25) is 0 Å². The lowest BCUT2D eigenvalue weighted by Crippen LogP contribution is -2.34. The van der Waals surface area contributed by atoms with Crippen molar-refractivity contribution in [3.05, 3.63) is 0 Å². The summed E-state index contributed by atoms with van der Waals surface area (Å²) in [4.78, 5) is 10.3. The van der Waals surface area contributed by atoms with Gasteiger partial charge in [-0.1, -0.05) is 0 Å². The molecule has 0 atom stereocenters.